The third-order valence-electron chi connectivity index (χ3n) is 4.70. The molecule has 0 saturated heterocycles. The summed E-state index contributed by atoms with van der Waals surface area (Å²) in [7, 11) is 0. The van der Waals surface area contributed by atoms with Gasteiger partial charge in [0.25, 0.3) is 0 Å². The van der Waals surface area contributed by atoms with Crippen LogP contribution in [0.3, 0.4) is 0 Å². The topological polar surface area (TPSA) is 77.3 Å². The van der Waals surface area contributed by atoms with E-state index in [4.69, 9.17) is 0 Å². The Labute approximate surface area is 160 Å². The maximum atomic E-state index is 12.8. The van der Waals surface area contributed by atoms with Gasteiger partial charge in [-0.05, 0) is 36.7 Å². The largest absolute Gasteiger partial charge is 0.416 e. The summed E-state index contributed by atoms with van der Waals surface area (Å²) < 4.78 is 38.4. The zero-order chi connectivity index (χ0) is 20.1. The summed E-state index contributed by atoms with van der Waals surface area (Å²) in [6.45, 7) is 1.50. The van der Waals surface area contributed by atoms with Crippen molar-refractivity contribution >= 4 is 17.3 Å². The second-order valence-corrected chi connectivity index (χ2v) is 6.64. The molecule has 2 atom stereocenters. The molecule has 0 radical (unpaired) electrons. The molecule has 0 aromatic heterocycles. The second-order valence-electron chi connectivity index (χ2n) is 6.64. The number of alkyl halides is 3. The highest BCUT2D eigenvalue weighted by molar-refractivity contribution is 6.05. The average molecular weight is 388 g/mol. The first-order valence-corrected chi connectivity index (χ1v) is 8.89. The lowest BCUT2D eigenvalue weighted by Gasteiger charge is -2.26. The molecule has 28 heavy (non-hydrogen) atoms. The smallest absolute Gasteiger partial charge is 0.326 e. The summed E-state index contributed by atoms with van der Waals surface area (Å²) >= 11 is 0. The van der Waals surface area contributed by atoms with E-state index in [9.17, 15) is 23.2 Å². The van der Waals surface area contributed by atoms with Crippen molar-refractivity contribution < 1.29 is 18.0 Å². The minimum atomic E-state index is -4.48. The Morgan fingerprint density at radius 3 is 2.89 bits per heavy atom. The number of allylic oxidation sites excluding steroid dienone is 1. The van der Waals surface area contributed by atoms with Gasteiger partial charge < -0.3 is 10.6 Å². The predicted octanol–water partition coefficient (Wildman–Crippen LogP) is 3.68. The number of hydrogen-bond acceptors (Lipinski definition) is 4. The summed E-state index contributed by atoms with van der Waals surface area (Å²) in [5.74, 6) is -1.41. The van der Waals surface area contributed by atoms with E-state index in [0.29, 0.717) is 12.3 Å². The number of nitrogens with zero attached hydrogens (tertiary/aromatic N) is 2. The van der Waals surface area contributed by atoms with Crippen molar-refractivity contribution in [3.8, 4) is 6.07 Å². The minimum Gasteiger partial charge on any atom is -0.326 e. The maximum Gasteiger partial charge on any atom is 0.416 e. The number of nitrogens with one attached hydrogen (secondary N) is 2. The van der Waals surface area contributed by atoms with Crippen LogP contribution in [0.15, 0.2) is 53.2 Å². The molecule has 1 aromatic carbocycles. The normalized spacial score (nSPS) is 22.1. The maximum absolute atomic E-state index is 12.8. The number of benzene rings is 1. The minimum absolute atomic E-state index is 0.0183. The van der Waals surface area contributed by atoms with Gasteiger partial charge in [-0.15, -0.1) is 0 Å². The van der Waals surface area contributed by atoms with Gasteiger partial charge in [-0.1, -0.05) is 18.2 Å². The molecule has 146 valence electrons. The summed E-state index contributed by atoms with van der Waals surface area (Å²) in [6.07, 6.45) is 1.54. The van der Waals surface area contributed by atoms with E-state index in [-0.39, 0.29) is 18.0 Å². The van der Waals surface area contributed by atoms with E-state index in [2.05, 4.69) is 21.7 Å². The molecule has 8 heteroatoms. The van der Waals surface area contributed by atoms with Gasteiger partial charge in [0.15, 0.2) is 0 Å². The Kier molecular flexibility index (Phi) is 5.95. The number of halogens is 3. The molecular weight excluding hydrogens is 369 g/mol. The van der Waals surface area contributed by atoms with Gasteiger partial charge in [0.05, 0.1) is 23.3 Å². The Bertz CT molecular complexity index is 880. The van der Waals surface area contributed by atoms with Gasteiger partial charge >= 0.3 is 6.18 Å². The number of carbonyl (C=O) groups excluding carboxylic acids is 1. The first-order valence-electron chi connectivity index (χ1n) is 8.89. The molecule has 0 spiro atoms. The third-order valence-corrected chi connectivity index (χ3v) is 4.70. The van der Waals surface area contributed by atoms with Gasteiger partial charge in [0.1, 0.15) is 0 Å². The van der Waals surface area contributed by atoms with Gasteiger partial charge in [0.2, 0.25) is 5.91 Å². The lowest BCUT2D eigenvalue weighted by molar-refractivity contribution is -0.137. The molecule has 3 rings (SSSR count). The van der Waals surface area contributed by atoms with Crippen molar-refractivity contribution in [1.29, 1.82) is 5.26 Å². The fourth-order valence-corrected chi connectivity index (χ4v) is 3.31. The van der Waals surface area contributed by atoms with Crippen LogP contribution >= 0.6 is 0 Å². The van der Waals surface area contributed by atoms with Crippen LogP contribution in [-0.2, 0) is 11.0 Å². The second kappa shape index (κ2) is 8.40. The van der Waals surface area contributed by atoms with Crippen molar-refractivity contribution in [2.24, 2.45) is 16.8 Å². The molecule has 0 bridgehead atoms. The SMILES string of the molecule is N#C[C@H]1C(C2=CCNCC2)=NC=CC1CC(=O)Nc1cccc(C(F)(F)F)c1. The van der Waals surface area contributed by atoms with Crippen LogP contribution in [0.2, 0.25) is 0 Å². The number of aliphatic imine (C=N–C) groups is 1. The van der Waals surface area contributed by atoms with Crippen LogP contribution in [0.5, 0.6) is 0 Å². The van der Waals surface area contributed by atoms with E-state index in [0.717, 1.165) is 30.7 Å². The monoisotopic (exact) mass is 388 g/mol. The van der Waals surface area contributed by atoms with Gasteiger partial charge in [0, 0.05) is 30.8 Å². The van der Waals surface area contributed by atoms with E-state index in [1.807, 2.05) is 6.08 Å². The molecule has 2 aliphatic heterocycles. The molecule has 1 unspecified atom stereocenters. The Hall–Kier alpha value is -2.92. The van der Waals surface area contributed by atoms with Crippen molar-refractivity contribution in [1.82, 2.24) is 5.32 Å². The van der Waals surface area contributed by atoms with E-state index >= 15 is 0 Å². The summed E-state index contributed by atoms with van der Waals surface area (Å²) in [6, 6.07) is 6.71. The molecule has 2 aliphatic rings. The first-order chi connectivity index (χ1) is 13.4. The molecule has 0 aliphatic carbocycles. The lowest BCUT2D eigenvalue weighted by Crippen LogP contribution is -2.31. The number of carbonyl (C=O) groups is 1. The summed E-state index contributed by atoms with van der Waals surface area (Å²) in [5.41, 5.74) is 0.911. The third kappa shape index (κ3) is 4.67. The van der Waals surface area contributed by atoms with Crippen LogP contribution in [0, 0.1) is 23.2 Å². The molecule has 1 aromatic rings. The molecule has 2 heterocycles. The van der Waals surface area contributed by atoms with Gasteiger partial charge in [-0.25, -0.2) is 0 Å². The number of anilines is 1. The standard InChI is InChI=1S/C20H19F3N4O/c21-20(22,23)15-2-1-3-16(11-15)27-18(28)10-14-6-9-26-19(17(14)12-24)13-4-7-25-8-5-13/h1-4,6,9,11,14,17,25H,5,7-8,10H2,(H,27,28)/t14?,17-/m1/s1. The highest BCUT2D eigenvalue weighted by Gasteiger charge is 2.32. The first kappa shape index (κ1) is 19.8. The van der Waals surface area contributed by atoms with Crippen LogP contribution in [0.1, 0.15) is 18.4 Å². The fraction of sp³-hybridized carbons (Fsp3) is 0.350. The average Bonchev–Trinajstić information content (AvgIpc) is 2.68. The van der Waals surface area contributed by atoms with Crippen LogP contribution in [0.4, 0.5) is 18.9 Å². The van der Waals surface area contributed by atoms with Crippen molar-refractivity contribution in [3.63, 3.8) is 0 Å². The number of hydrogen-bond donors (Lipinski definition) is 2. The Morgan fingerprint density at radius 2 is 2.21 bits per heavy atom. The summed E-state index contributed by atoms with van der Waals surface area (Å²) in [5, 5.41) is 15.3. The highest BCUT2D eigenvalue weighted by atomic mass is 19.4. The highest BCUT2D eigenvalue weighted by Crippen LogP contribution is 2.31. The van der Waals surface area contributed by atoms with E-state index < -0.39 is 23.6 Å². The number of nitriles is 1. The van der Waals surface area contributed by atoms with E-state index in [1.54, 1.807) is 12.3 Å². The van der Waals surface area contributed by atoms with Crippen molar-refractivity contribution in [2.75, 3.05) is 18.4 Å². The van der Waals surface area contributed by atoms with Crippen LogP contribution < -0.4 is 10.6 Å². The zero-order valence-corrected chi connectivity index (χ0v) is 15.0. The fourth-order valence-electron chi connectivity index (χ4n) is 3.31. The number of amides is 1. The zero-order valence-electron chi connectivity index (χ0n) is 15.0. The van der Waals surface area contributed by atoms with Crippen molar-refractivity contribution in [3.05, 3.63) is 53.8 Å². The molecule has 0 saturated carbocycles. The quantitative estimate of drug-likeness (QED) is 0.826. The lowest BCUT2D eigenvalue weighted by atomic mass is 9.81. The summed E-state index contributed by atoms with van der Waals surface area (Å²) in [4.78, 5) is 16.7. The van der Waals surface area contributed by atoms with Gasteiger partial charge in [-0.3, -0.25) is 9.79 Å². The Morgan fingerprint density at radius 1 is 1.39 bits per heavy atom. The van der Waals surface area contributed by atoms with Crippen LogP contribution in [0.25, 0.3) is 0 Å². The van der Waals surface area contributed by atoms with E-state index in [1.165, 1.54) is 12.1 Å². The van der Waals surface area contributed by atoms with Crippen molar-refractivity contribution in [2.45, 2.75) is 19.0 Å². The molecule has 2 N–H and O–H groups in total. The molecule has 5 nitrogen and oxygen atoms in total. The van der Waals surface area contributed by atoms with Crippen LogP contribution in [-0.4, -0.2) is 24.7 Å². The number of rotatable bonds is 4. The molecule has 1 amide bonds. The van der Waals surface area contributed by atoms with Gasteiger partial charge in [-0.2, -0.15) is 18.4 Å². The predicted molar refractivity (Wildman–Crippen MR) is 99.4 cm³/mol. The Balaban J connectivity index is 1.69. The molecular formula is C20H19F3N4O. The molecule has 0 fully saturated rings.